The zero-order valence-electron chi connectivity index (χ0n) is 11.9. The molecule has 0 aliphatic heterocycles. The normalized spacial score (nSPS) is 12.2. The number of hydrogen-bond donors (Lipinski definition) is 0. The molecule has 0 saturated carbocycles. The van der Waals surface area contributed by atoms with Gasteiger partial charge in [0.2, 0.25) is 0 Å². The molecule has 0 spiro atoms. The van der Waals surface area contributed by atoms with E-state index in [2.05, 4.69) is 13.8 Å². The van der Waals surface area contributed by atoms with Crippen LogP contribution in [-0.4, -0.2) is 5.78 Å². The molecule has 0 aliphatic rings. The first-order valence-electron chi connectivity index (χ1n) is 6.97. The Hall–Kier alpha value is -1.60. The molecule has 0 N–H and O–H groups in total. The van der Waals surface area contributed by atoms with Crippen molar-refractivity contribution in [2.24, 2.45) is 0 Å². The van der Waals surface area contributed by atoms with E-state index in [0.29, 0.717) is 6.42 Å². The van der Waals surface area contributed by atoms with Gasteiger partial charge in [0.15, 0.2) is 5.78 Å². The Kier molecular flexibility index (Phi) is 4.97. The van der Waals surface area contributed by atoms with E-state index in [9.17, 15) is 4.79 Å². The van der Waals surface area contributed by atoms with Gasteiger partial charge in [0.1, 0.15) is 0 Å². The van der Waals surface area contributed by atoms with Gasteiger partial charge in [-0.05, 0) is 35.6 Å². The third kappa shape index (κ3) is 3.71. The molecule has 2 aromatic rings. The predicted octanol–water partition coefficient (Wildman–Crippen LogP) is 5.28. The van der Waals surface area contributed by atoms with Gasteiger partial charge in [0.05, 0.1) is 0 Å². The van der Waals surface area contributed by atoms with Gasteiger partial charge in [0.25, 0.3) is 0 Å². The second-order valence-corrected chi connectivity index (χ2v) is 5.57. The first-order valence-corrected chi connectivity index (χ1v) is 7.35. The minimum absolute atomic E-state index is 0.190. The Morgan fingerprint density at radius 3 is 2.20 bits per heavy atom. The first kappa shape index (κ1) is 14.8. The van der Waals surface area contributed by atoms with E-state index in [0.717, 1.165) is 22.6 Å². The maximum atomic E-state index is 12.3. The Morgan fingerprint density at radius 2 is 1.65 bits per heavy atom. The van der Waals surface area contributed by atoms with Crippen LogP contribution < -0.4 is 0 Å². The molecule has 0 amide bonds. The minimum Gasteiger partial charge on any atom is -0.294 e. The van der Waals surface area contributed by atoms with Gasteiger partial charge in [-0.25, -0.2) is 0 Å². The summed E-state index contributed by atoms with van der Waals surface area (Å²) in [6.45, 7) is 4.18. The molecule has 1 unspecified atom stereocenters. The van der Waals surface area contributed by atoms with Gasteiger partial charge in [-0.3, -0.25) is 4.79 Å². The summed E-state index contributed by atoms with van der Waals surface area (Å²) >= 11 is 5.88. The summed E-state index contributed by atoms with van der Waals surface area (Å²) in [6, 6.07) is 15.6. The van der Waals surface area contributed by atoms with Crippen LogP contribution in [0.4, 0.5) is 0 Å². The summed E-state index contributed by atoms with van der Waals surface area (Å²) < 4.78 is 0. The number of carbonyl (C=O) groups is 1. The molecule has 104 valence electrons. The van der Waals surface area contributed by atoms with E-state index in [4.69, 9.17) is 11.6 Å². The molecule has 2 rings (SSSR count). The van der Waals surface area contributed by atoms with Gasteiger partial charge < -0.3 is 0 Å². The summed E-state index contributed by atoms with van der Waals surface area (Å²) in [7, 11) is 0. The highest BCUT2D eigenvalue weighted by molar-refractivity contribution is 6.30. The monoisotopic (exact) mass is 286 g/mol. The van der Waals surface area contributed by atoms with Gasteiger partial charge in [-0.1, -0.05) is 61.8 Å². The number of benzene rings is 2. The predicted molar refractivity (Wildman–Crippen MR) is 84.6 cm³/mol. The van der Waals surface area contributed by atoms with E-state index in [1.807, 2.05) is 48.5 Å². The average molecular weight is 287 g/mol. The molecular weight excluding hydrogens is 268 g/mol. The summed E-state index contributed by atoms with van der Waals surface area (Å²) in [5.74, 6) is 0.390. The fourth-order valence-corrected chi connectivity index (χ4v) is 2.36. The molecule has 20 heavy (non-hydrogen) atoms. The van der Waals surface area contributed by atoms with Gasteiger partial charge in [-0.2, -0.15) is 0 Å². The zero-order chi connectivity index (χ0) is 14.5. The van der Waals surface area contributed by atoms with Crippen LogP contribution in [0.25, 0.3) is 0 Å². The van der Waals surface area contributed by atoms with Crippen LogP contribution in [-0.2, 0) is 6.42 Å². The minimum atomic E-state index is 0.190. The third-order valence-electron chi connectivity index (χ3n) is 3.61. The Morgan fingerprint density at radius 1 is 1.05 bits per heavy atom. The molecule has 1 nitrogen and oxygen atoms in total. The van der Waals surface area contributed by atoms with Crippen molar-refractivity contribution in [2.45, 2.75) is 32.6 Å². The molecular formula is C18H19ClO. The van der Waals surface area contributed by atoms with Crippen molar-refractivity contribution >= 4 is 17.4 Å². The average Bonchev–Trinajstić information content (AvgIpc) is 2.48. The zero-order valence-corrected chi connectivity index (χ0v) is 12.7. The number of rotatable bonds is 5. The van der Waals surface area contributed by atoms with Crippen LogP contribution in [0.3, 0.4) is 0 Å². The molecule has 0 aromatic heterocycles. The molecule has 2 aromatic carbocycles. The van der Waals surface area contributed by atoms with E-state index in [1.165, 1.54) is 5.56 Å². The molecule has 1 atom stereocenters. The van der Waals surface area contributed by atoms with Crippen LogP contribution in [0.1, 0.15) is 47.7 Å². The quantitative estimate of drug-likeness (QED) is 0.684. The van der Waals surface area contributed by atoms with Crippen molar-refractivity contribution in [3.05, 3.63) is 70.2 Å². The van der Waals surface area contributed by atoms with Crippen molar-refractivity contribution in [3.63, 3.8) is 0 Å². The lowest BCUT2D eigenvalue weighted by molar-refractivity contribution is 0.0975. The number of ketones is 1. The van der Waals surface area contributed by atoms with Crippen LogP contribution in [0, 0.1) is 0 Å². The molecule has 0 radical (unpaired) electrons. The molecule has 2 heteroatoms. The second kappa shape index (κ2) is 6.71. The summed E-state index contributed by atoms with van der Waals surface area (Å²) in [6.07, 6.45) is 1.52. The van der Waals surface area contributed by atoms with E-state index in [-0.39, 0.29) is 11.7 Å². The highest BCUT2D eigenvalue weighted by Gasteiger charge is 2.13. The third-order valence-corrected chi connectivity index (χ3v) is 3.87. The van der Waals surface area contributed by atoms with Crippen molar-refractivity contribution < 1.29 is 4.79 Å². The van der Waals surface area contributed by atoms with E-state index in [1.54, 1.807) is 0 Å². The summed E-state index contributed by atoms with van der Waals surface area (Å²) in [5.41, 5.74) is 3.20. The number of halogens is 1. The Labute approximate surface area is 125 Å². The highest BCUT2D eigenvalue weighted by Crippen LogP contribution is 2.23. The first-order chi connectivity index (χ1) is 9.60. The maximum Gasteiger partial charge on any atom is 0.163 e. The lowest BCUT2D eigenvalue weighted by Crippen LogP contribution is -2.05. The fourth-order valence-electron chi connectivity index (χ4n) is 2.23. The van der Waals surface area contributed by atoms with Gasteiger partial charge >= 0.3 is 0 Å². The standard InChI is InChI=1S/C18H19ClO/c1-3-14-4-6-16(7-5-14)18(20)12-13(2)15-8-10-17(19)11-9-15/h4-11,13H,3,12H2,1-2H3. The Bertz CT molecular complexity index is 569. The summed E-state index contributed by atoms with van der Waals surface area (Å²) in [5, 5.41) is 0.724. The lowest BCUT2D eigenvalue weighted by atomic mass is 9.93. The van der Waals surface area contributed by atoms with Crippen molar-refractivity contribution in [2.75, 3.05) is 0 Å². The summed E-state index contributed by atoms with van der Waals surface area (Å²) in [4.78, 5) is 12.3. The van der Waals surface area contributed by atoms with Crippen molar-refractivity contribution in [1.29, 1.82) is 0 Å². The van der Waals surface area contributed by atoms with Gasteiger partial charge in [0, 0.05) is 17.0 Å². The number of aryl methyl sites for hydroxylation is 1. The molecule has 0 fully saturated rings. The number of hydrogen-bond acceptors (Lipinski definition) is 1. The lowest BCUT2D eigenvalue weighted by Gasteiger charge is -2.11. The smallest absolute Gasteiger partial charge is 0.163 e. The molecule has 0 aliphatic carbocycles. The van der Waals surface area contributed by atoms with Crippen LogP contribution in [0.5, 0.6) is 0 Å². The van der Waals surface area contributed by atoms with Crippen LogP contribution >= 0.6 is 11.6 Å². The second-order valence-electron chi connectivity index (χ2n) is 5.13. The van der Waals surface area contributed by atoms with Crippen molar-refractivity contribution in [3.8, 4) is 0 Å². The van der Waals surface area contributed by atoms with Crippen LogP contribution in [0.15, 0.2) is 48.5 Å². The van der Waals surface area contributed by atoms with Crippen LogP contribution in [0.2, 0.25) is 5.02 Å². The van der Waals surface area contributed by atoms with E-state index >= 15 is 0 Å². The largest absolute Gasteiger partial charge is 0.294 e. The molecule has 0 bridgehead atoms. The fraction of sp³-hybridized carbons (Fsp3) is 0.278. The maximum absolute atomic E-state index is 12.3. The number of carbonyl (C=O) groups excluding carboxylic acids is 1. The molecule has 0 saturated heterocycles. The van der Waals surface area contributed by atoms with E-state index < -0.39 is 0 Å². The van der Waals surface area contributed by atoms with Crippen molar-refractivity contribution in [1.82, 2.24) is 0 Å². The number of Topliss-reactive ketones (excluding diaryl/α,β-unsaturated/α-hetero) is 1. The Balaban J connectivity index is 2.04. The SMILES string of the molecule is CCc1ccc(C(=O)CC(C)c2ccc(Cl)cc2)cc1. The van der Waals surface area contributed by atoms with Gasteiger partial charge in [-0.15, -0.1) is 0 Å². The topological polar surface area (TPSA) is 17.1 Å². The molecule has 0 heterocycles. The highest BCUT2D eigenvalue weighted by atomic mass is 35.5.